The highest BCUT2D eigenvalue weighted by Crippen LogP contribution is 2.22. The molecule has 112 valence electrons. The summed E-state index contributed by atoms with van der Waals surface area (Å²) in [5, 5.41) is 0. The van der Waals surface area contributed by atoms with Crippen molar-refractivity contribution >= 4 is 15.8 Å². The van der Waals surface area contributed by atoms with Gasteiger partial charge in [-0.15, -0.1) is 0 Å². The van der Waals surface area contributed by atoms with Crippen LogP contribution in [0.15, 0.2) is 35.5 Å². The van der Waals surface area contributed by atoms with Gasteiger partial charge in [0.2, 0.25) is 0 Å². The van der Waals surface area contributed by atoms with Crippen LogP contribution in [0.3, 0.4) is 0 Å². The van der Waals surface area contributed by atoms with Gasteiger partial charge in [0.25, 0.3) is 10.0 Å². The Morgan fingerprint density at radius 3 is 2.48 bits per heavy atom. The Bertz CT molecular complexity index is 761. The lowest BCUT2D eigenvalue weighted by molar-refractivity contribution is 0.593. The summed E-state index contributed by atoms with van der Waals surface area (Å²) < 4.78 is 40.5. The maximum Gasteiger partial charge on any atom is 0.263 e. The van der Waals surface area contributed by atoms with Gasteiger partial charge in [0.05, 0.1) is 10.6 Å². The first-order valence-electron chi connectivity index (χ1n) is 6.41. The molecular formula is C14H16FN3O2S. The average Bonchev–Trinajstić information content (AvgIpc) is 2.41. The lowest BCUT2D eigenvalue weighted by Crippen LogP contribution is -2.16. The molecule has 1 heterocycles. The Labute approximate surface area is 123 Å². The van der Waals surface area contributed by atoms with Crippen molar-refractivity contribution < 1.29 is 12.8 Å². The lowest BCUT2D eigenvalue weighted by atomic mass is 10.1. The fourth-order valence-electron chi connectivity index (χ4n) is 1.78. The van der Waals surface area contributed by atoms with Crippen molar-refractivity contribution in [3.63, 3.8) is 0 Å². The standard InChI is InChI=1S/C14H16FN3O2S/c1-9(2)13-14(17-7-6-16-13)18-21(19,20)11-5-4-10(3)12(15)8-11/h4-9H,1-3H3,(H,17,18). The molecule has 5 nitrogen and oxygen atoms in total. The number of nitrogens with one attached hydrogen (secondary N) is 1. The van der Waals surface area contributed by atoms with E-state index in [4.69, 9.17) is 0 Å². The van der Waals surface area contributed by atoms with Crippen LogP contribution in [-0.4, -0.2) is 18.4 Å². The van der Waals surface area contributed by atoms with E-state index in [1.807, 2.05) is 13.8 Å². The summed E-state index contributed by atoms with van der Waals surface area (Å²) in [6.07, 6.45) is 2.90. The third-order valence-electron chi connectivity index (χ3n) is 2.96. The van der Waals surface area contributed by atoms with Crippen molar-refractivity contribution in [3.8, 4) is 0 Å². The number of nitrogens with zero attached hydrogens (tertiary/aromatic N) is 2. The summed E-state index contributed by atoms with van der Waals surface area (Å²) >= 11 is 0. The van der Waals surface area contributed by atoms with E-state index >= 15 is 0 Å². The van der Waals surface area contributed by atoms with Crippen LogP contribution in [0.4, 0.5) is 10.2 Å². The van der Waals surface area contributed by atoms with Gasteiger partial charge in [-0.3, -0.25) is 9.71 Å². The average molecular weight is 309 g/mol. The smallest absolute Gasteiger partial charge is 0.262 e. The van der Waals surface area contributed by atoms with E-state index in [1.54, 1.807) is 6.92 Å². The summed E-state index contributed by atoms with van der Waals surface area (Å²) in [6.45, 7) is 5.33. The quantitative estimate of drug-likeness (QED) is 0.942. The molecule has 0 bridgehead atoms. The van der Waals surface area contributed by atoms with Crippen molar-refractivity contribution in [2.75, 3.05) is 4.72 Å². The number of halogens is 1. The van der Waals surface area contributed by atoms with Crippen LogP contribution >= 0.6 is 0 Å². The van der Waals surface area contributed by atoms with Gasteiger partial charge in [0.15, 0.2) is 5.82 Å². The Morgan fingerprint density at radius 1 is 1.19 bits per heavy atom. The number of hydrogen-bond acceptors (Lipinski definition) is 4. The lowest BCUT2D eigenvalue weighted by Gasteiger charge is -2.12. The molecule has 0 spiro atoms. The molecule has 1 aromatic carbocycles. The van der Waals surface area contributed by atoms with Gasteiger partial charge >= 0.3 is 0 Å². The topological polar surface area (TPSA) is 72.0 Å². The molecule has 2 rings (SSSR count). The van der Waals surface area contributed by atoms with Gasteiger partial charge < -0.3 is 0 Å². The monoisotopic (exact) mass is 309 g/mol. The second-order valence-electron chi connectivity index (χ2n) is 4.96. The van der Waals surface area contributed by atoms with E-state index in [0.717, 1.165) is 6.07 Å². The number of benzene rings is 1. The highest BCUT2D eigenvalue weighted by molar-refractivity contribution is 7.92. The van der Waals surface area contributed by atoms with Crippen molar-refractivity contribution in [1.82, 2.24) is 9.97 Å². The van der Waals surface area contributed by atoms with Gasteiger partial charge in [-0.1, -0.05) is 19.9 Å². The Kier molecular flexibility index (Phi) is 4.22. The van der Waals surface area contributed by atoms with Crippen LogP contribution in [0.25, 0.3) is 0 Å². The number of aromatic nitrogens is 2. The SMILES string of the molecule is Cc1ccc(S(=O)(=O)Nc2nccnc2C(C)C)cc1F. The van der Waals surface area contributed by atoms with Crippen molar-refractivity contribution in [2.24, 2.45) is 0 Å². The van der Waals surface area contributed by atoms with Crippen LogP contribution in [0.5, 0.6) is 0 Å². The van der Waals surface area contributed by atoms with Crippen molar-refractivity contribution in [3.05, 3.63) is 47.7 Å². The highest BCUT2D eigenvalue weighted by atomic mass is 32.2. The first-order chi connectivity index (χ1) is 9.81. The van der Waals surface area contributed by atoms with Gasteiger partial charge in [-0.05, 0) is 30.5 Å². The van der Waals surface area contributed by atoms with Crippen LogP contribution in [0.1, 0.15) is 31.0 Å². The summed E-state index contributed by atoms with van der Waals surface area (Å²) in [6, 6.07) is 3.76. The van der Waals surface area contributed by atoms with E-state index in [2.05, 4.69) is 14.7 Å². The van der Waals surface area contributed by atoms with E-state index in [9.17, 15) is 12.8 Å². The molecular weight excluding hydrogens is 293 g/mol. The zero-order valence-corrected chi connectivity index (χ0v) is 12.8. The second kappa shape index (κ2) is 5.77. The molecule has 0 amide bonds. The van der Waals surface area contributed by atoms with Crippen LogP contribution in [0, 0.1) is 12.7 Å². The predicted octanol–water partition coefficient (Wildman–Crippen LogP) is 2.85. The molecule has 0 atom stereocenters. The molecule has 0 unspecified atom stereocenters. The molecule has 0 radical (unpaired) electrons. The largest absolute Gasteiger partial charge is 0.263 e. The molecule has 21 heavy (non-hydrogen) atoms. The molecule has 0 saturated heterocycles. The Hall–Kier alpha value is -2.02. The number of rotatable bonds is 4. The third kappa shape index (κ3) is 3.36. The number of hydrogen-bond donors (Lipinski definition) is 1. The number of sulfonamides is 1. The molecule has 0 fully saturated rings. The van der Waals surface area contributed by atoms with Gasteiger partial charge in [-0.2, -0.15) is 0 Å². The fourth-order valence-corrected chi connectivity index (χ4v) is 2.81. The van der Waals surface area contributed by atoms with Crippen LogP contribution in [0.2, 0.25) is 0 Å². The molecule has 0 aliphatic heterocycles. The fraction of sp³-hybridized carbons (Fsp3) is 0.286. The molecule has 0 aliphatic rings. The summed E-state index contributed by atoms with van der Waals surface area (Å²) in [5.41, 5.74) is 0.921. The highest BCUT2D eigenvalue weighted by Gasteiger charge is 2.19. The van der Waals surface area contributed by atoms with Gasteiger partial charge in [0.1, 0.15) is 5.82 Å². The van der Waals surface area contributed by atoms with Gasteiger partial charge in [0, 0.05) is 12.4 Å². The predicted molar refractivity (Wildman–Crippen MR) is 78.1 cm³/mol. The molecule has 0 saturated carbocycles. The summed E-state index contributed by atoms with van der Waals surface area (Å²) in [4.78, 5) is 7.98. The molecule has 7 heteroatoms. The van der Waals surface area contributed by atoms with Gasteiger partial charge in [-0.25, -0.2) is 17.8 Å². The Balaban J connectivity index is 2.40. The normalized spacial score (nSPS) is 11.7. The Morgan fingerprint density at radius 2 is 1.86 bits per heavy atom. The van der Waals surface area contributed by atoms with Crippen molar-refractivity contribution in [2.45, 2.75) is 31.6 Å². The maximum absolute atomic E-state index is 13.5. The zero-order chi connectivity index (χ0) is 15.6. The molecule has 1 aromatic heterocycles. The minimum Gasteiger partial charge on any atom is -0.262 e. The minimum absolute atomic E-state index is 0.00570. The second-order valence-corrected chi connectivity index (χ2v) is 6.64. The summed E-state index contributed by atoms with van der Waals surface area (Å²) in [5.74, 6) is -0.402. The molecule has 0 aliphatic carbocycles. The minimum atomic E-state index is -3.90. The van der Waals surface area contributed by atoms with E-state index in [-0.39, 0.29) is 16.6 Å². The molecule has 1 N–H and O–H groups in total. The number of aryl methyl sites for hydroxylation is 1. The number of anilines is 1. The van der Waals surface area contributed by atoms with E-state index < -0.39 is 15.8 Å². The van der Waals surface area contributed by atoms with Crippen LogP contribution < -0.4 is 4.72 Å². The molecule has 2 aromatic rings. The van der Waals surface area contributed by atoms with E-state index in [1.165, 1.54) is 24.5 Å². The maximum atomic E-state index is 13.5. The zero-order valence-electron chi connectivity index (χ0n) is 12.0. The van der Waals surface area contributed by atoms with Crippen LogP contribution in [-0.2, 0) is 10.0 Å². The third-order valence-corrected chi connectivity index (χ3v) is 4.29. The first-order valence-corrected chi connectivity index (χ1v) is 7.89. The van der Waals surface area contributed by atoms with E-state index in [0.29, 0.717) is 11.3 Å². The van der Waals surface area contributed by atoms with Crippen molar-refractivity contribution in [1.29, 1.82) is 0 Å². The summed E-state index contributed by atoms with van der Waals surface area (Å²) in [7, 11) is -3.90. The first kappa shape index (κ1) is 15.4.